The SMILES string of the molecule is Cc1ccc([N+](=O)[O-])cc1N(CC(=O)N[C@@H](C)c1ccc(S(C)(=O)=O)cc1)S(C)(=O)=O. The highest BCUT2D eigenvalue weighted by atomic mass is 32.2. The summed E-state index contributed by atoms with van der Waals surface area (Å²) in [7, 11) is -7.27. The summed E-state index contributed by atoms with van der Waals surface area (Å²) < 4.78 is 48.5. The van der Waals surface area contributed by atoms with Crippen LogP contribution >= 0.6 is 0 Å². The standard InChI is InChI=1S/C19H23N3O7S2/c1-13-5-8-16(22(24)25)11-18(13)21(31(4,28)29)12-19(23)20-14(2)15-6-9-17(10-7-15)30(3,26)27/h5-11,14H,12H2,1-4H3,(H,20,23)/t14-/m0/s1. The Morgan fingerprint density at radius 1 is 1.10 bits per heavy atom. The summed E-state index contributed by atoms with van der Waals surface area (Å²) in [6.07, 6.45) is 1.99. The zero-order valence-corrected chi connectivity index (χ0v) is 19.0. The van der Waals surface area contributed by atoms with E-state index in [9.17, 15) is 31.7 Å². The molecule has 2 rings (SSSR count). The second-order valence-corrected chi connectivity index (χ2v) is 11.1. The quantitative estimate of drug-likeness (QED) is 0.459. The molecule has 0 saturated heterocycles. The average molecular weight is 470 g/mol. The van der Waals surface area contributed by atoms with E-state index in [1.165, 1.54) is 24.3 Å². The van der Waals surface area contributed by atoms with Crippen LogP contribution in [0, 0.1) is 17.0 Å². The number of hydrogen-bond donors (Lipinski definition) is 1. The Labute approximate surface area is 181 Å². The average Bonchev–Trinajstić information content (AvgIpc) is 2.65. The van der Waals surface area contributed by atoms with E-state index in [1.807, 2.05) is 0 Å². The van der Waals surface area contributed by atoms with Gasteiger partial charge in [0, 0.05) is 18.4 Å². The van der Waals surface area contributed by atoms with Crippen molar-refractivity contribution in [3.05, 3.63) is 63.7 Å². The van der Waals surface area contributed by atoms with Gasteiger partial charge in [-0.05, 0) is 37.1 Å². The van der Waals surface area contributed by atoms with Crippen molar-refractivity contribution in [2.24, 2.45) is 0 Å². The number of aryl methyl sites for hydroxylation is 1. The van der Waals surface area contributed by atoms with Gasteiger partial charge in [-0.2, -0.15) is 0 Å². The van der Waals surface area contributed by atoms with E-state index in [-0.39, 0.29) is 16.3 Å². The lowest BCUT2D eigenvalue weighted by Gasteiger charge is -2.24. The molecule has 0 aliphatic rings. The lowest BCUT2D eigenvalue weighted by atomic mass is 10.1. The van der Waals surface area contributed by atoms with E-state index >= 15 is 0 Å². The highest BCUT2D eigenvalue weighted by Gasteiger charge is 2.25. The molecule has 31 heavy (non-hydrogen) atoms. The number of non-ortho nitro benzene ring substituents is 1. The van der Waals surface area contributed by atoms with Crippen molar-refractivity contribution in [3.8, 4) is 0 Å². The summed E-state index contributed by atoms with van der Waals surface area (Å²) in [5.74, 6) is -0.629. The number of benzene rings is 2. The number of amides is 1. The van der Waals surface area contributed by atoms with E-state index in [0.717, 1.165) is 22.9 Å². The molecule has 10 nitrogen and oxygen atoms in total. The van der Waals surface area contributed by atoms with Crippen LogP contribution in [0.5, 0.6) is 0 Å². The van der Waals surface area contributed by atoms with Crippen LogP contribution in [0.15, 0.2) is 47.4 Å². The Bertz CT molecular complexity index is 1210. The van der Waals surface area contributed by atoms with Crippen LogP contribution < -0.4 is 9.62 Å². The summed E-state index contributed by atoms with van der Waals surface area (Å²) in [4.78, 5) is 23.1. The number of rotatable bonds is 8. The van der Waals surface area contributed by atoms with E-state index in [1.54, 1.807) is 26.0 Å². The van der Waals surface area contributed by atoms with Crippen molar-refractivity contribution in [2.45, 2.75) is 24.8 Å². The molecule has 1 N–H and O–H groups in total. The van der Waals surface area contributed by atoms with Crippen molar-refractivity contribution in [1.82, 2.24) is 5.32 Å². The van der Waals surface area contributed by atoms with Crippen LogP contribution in [0.25, 0.3) is 0 Å². The molecular formula is C19H23N3O7S2. The highest BCUT2D eigenvalue weighted by Crippen LogP contribution is 2.27. The minimum atomic E-state index is -3.92. The molecule has 168 valence electrons. The summed E-state index contributed by atoms with van der Waals surface area (Å²) in [5, 5.41) is 13.7. The third kappa shape index (κ3) is 6.25. The van der Waals surface area contributed by atoms with E-state index in [2.05, 4.69) is 5.32 Å². The predicted octanol–water partition coefficient (Wildman–Crippen LogP) is 1.95. The number of sulfonamides is 1. The van der Waals surface area contributed by atoms with Crippen molar-refractivity contribution in [1.29, 1.82) is 0 Å². The van der Waals surface area contributed by atoms with Crippen LogP contribution in [0.3, 0.4) is 0 Å². The van der Waals surface area contributed by atoms with Gasteiger partial charge in [-0.25, -0.2) is 16.8 Å². The topological polar surface area (TPSA) is 144 Å². The van der Waals surface area contributed by atoms with E-state index in [4.69, 9.17) is 0 Å². The van der Waals surface area contributed by atoms with Gasteiger partial charge in [0.1, 0.15) is 6.54 Å². The molecule has 0 unspecified atom stereocenters. The molecule has 2 aromatic rings. The summed E-state index contributed by atoms with van der Waals surface area (Å²) in [6, 6.07) is 9.19. The first-order chi connectivity index (χ1) is 14.2. The monoisotopic (exact) mass is 469 g/mol. The number of anilines is 1. The van der Waals surface area contributed by atoms with Crippen LogP contribution in [0.4, 0.5) is 11.4 Å². The second-order valence-electron chi connectivity index (χ2n) is 7.13. The van der Waals surface area contributed by atoms with Gasteiger partial charge in [0.15, 0.2) is 9.84 Å². The molecular weight excluding hydrogens is 446 g/mol. The fraction of sp³-hybridized carbons (Fsp3) is 0.316. The van der Waals surface area contributed by atoms with Crippen molar-refractivity contribution in [2.75, 3.05) is 23.4 Å². The molecule has 0 heterocycles. The maximum absolute atomic E-state index is 12.6. The Kier molecular flexibility index (Phi) is 7.06. The van der Waals surface area contributed by atoms with E-state index < -0.39 is 43.3 Å². The molecule has 12 heteroatoms. The van der Waals surface area contributed by atoms with Crippen molar-refractivity contribution < 1.29 is 26.6 Å². The maximum Gasteiger partial charge on any atom is 0.271 e. The van der Waals surface area contributed by atoms with Crippen LogP contribution in [-0.4, -0.2) is 46.7 Å². The van der Waals surface area contributed by atoms with E-state index in [0.29, 0.717) is 11.1 Å². The molecule has 0 bridgehead atoms. The fourth-order valence-electron chi connectivity index (χ4n) is 2.87. The number of nitrogens with one attached hydrogen (secondary N) is 1. The second kappa shape index (κ2) is 9.02. The molecule has 0 saturated carbocycles. The largest absolute Gasteiger partial charge is 0.348 e. The molecule has 0 aliphatic carbocycles. The van der Waals surface area contributed by atoms with Crippen LogP contribution in [-0.2, 0) is 24.7 Å². The first-order valence-corrected chi connectivity index (χ1v) is 12.8. The maximum atomic E-state index is 12.6. The Balaban J connectivity index is 2.24. The molecule has 1 amide bonds. The number of carbonyl (C=O) groups is 1. The fourth-order valence-corrected chi connectivity index (χ4v) is 4.40. The highest BCUT2D eigenvalue weighted by molar-refractivity contribution is 7.92. The summed E-state index contributed by atoms with van der Waals surface area (Å²) in [5.41, 5.74) is 0.817. The molecule has 0 fully saturated rings. The third-order valence-corrected chi connectivity index (χ3v) is 6.80. The van der Waals surface area contributed by atoms with Gasteiger partial charge < -0.3 is 5.32 Å². The number of hydrogen-bond acceptors (Lipinski definition) is 7. The van der Waals surface area contributed by atoms with Crippen LogP contribution in [0.1, 0.15) is 24.1 Å². The first-order valence-electron chi connectivity index (χ1n) is 9.02. The molecule has 2 aromatic carbocycles. The Morgan fingerprint density at radius 2 is 1.68 bits per heavy atom. The van der Waals surface area contributed by atoms with Gasteiger partial charge in [0.05, 0.1) is 27.8 Å². The van der Waals surface area contributed by atoms with Crippen LogP contribution in [0.2, 0.25) is 0 Å². The van der Waals surface area contributed by atoms with Gasteiger partial charge in [0.2, 0.25) is 15.9 Å². The first kappa shape index (κ1) is 24.3. The molecule has 0 aliphatic heterocycles. The summed E-state index contributed by atoms with van der Waals surface area (Å²) >= 11 is 0. The Hall–Kier alpha value is -2.99. The van der Waals surface area contributed by atoms with Gasteiger partial charge in [-0.3, -0.25) is 19.2 Å². The van der Waals surface area contributed by atoms with Gasteiger partial charge in [-0.15, -0.1) is 0 Å². The van der Waals surface area contributed by atoms with Gasteiger partial charge in [0.25, 0.3) is 5.69 Å². The smallest absolute Gasteiger partial charge is 0.271 e. The minimum Gasteiger partial charge on any atom is -0.348 e. The molecule has 0 radical (unpaired) electrons. The molecule has 0 spiro atoms. The zero-order valence-electron chi connectivity index (χ0n) is 17.4. The molecule has 1 atom stereocenters. The minimum absolute atomic E-state index is 0.0389. The number of sulfone groups is 1. The normalized spacial score (nSPS) is 12.8. The number of carbonyl (C=O) groups excluding carboxylic acids is 1. The zero-order chi connectivity index (χ0) is 23.6. The number of nitro groups is 1. The van der Waals surface area contributed by atoms with Crippen molar-refractivity contribution in [3.63, 3.8) is 0 Å². The third-order valence-electron chi connectivity index (χ3n) is 4.55. The molecule has 0 aromatic heterocycles. The predicted molar refractivity (Wildman–Crippen MR) is 116 cm³/mol. The van der Waals surface area contributed by atoms with Gasteiger partial charge >= 0.3 is 0 Å². The van der Waals surface area contributed by atoms with Gasteiger partial charge in [-0.1, -0.05) is 18.2 Å². The lowest BCUT2D eigenvalue weighted by molar-refractivity contribution is -0.384. The number of nitrogens with zero attached hydrogens (tertiary/aromatic N) is 2. The number of nitro benzene ring substituents is 1. The Morgan fingerprint density at radius 3 is 2.16 bits per heavy atom. The summed E-state index contributed by atoms with van der Waals surface area (Å²) in [6.45, 7) is 2.67. The van der Waals surface area contributed by atoms with Crippen molar-refractivity contribution >= 4 is 37.1 Å². The lowest BCUT2D eigenvalue weighted by Crippen LogP contribution is -2.41.